The molecule has 0 fully saturated rings. The summed E-state index contributed by atoms with van der Waals surface area (Å²) in [6, 6.07) is 0. The molecule has 0 radical (unpaired) electrons. The number of hydrogen-bond donors (Lipinski definition) is 0. The summed E-state index contributed by atoms with van der Waals surface area (Å²) in [5, 5.41) is 2.00. The Labute approximate surface area is 64.1 Å². The Morgan fingerprint density at radius 3 is 2.20 bits per heavy atom. The van der Waals surface area contributed by atoms with Gasteiger partial charge in [-0.1, -0.05) is 20.8 Å². The molecule has 0 atom stereocenters. The molecule has 2 heteroatoms. The summed E-state index contributed by atoms with van der Waals surface area (Å²) in [7, 11) is 0. The Balaban J connectivity index is 3.39. The minimum atomic E-state index is 0.687. The van der Waals surface area contributed by atoms with E-state index in [4.69, 9.17) is 4.84 Å². The average Bonchev–Trinajstić information content (AvgIpc) is 1.86. The largest absolute Gasteiger partial charge is 0.299 e. The van der Waals surface area contributed by atoms with E-state index < -0.39 is 0 Å². The van der Waals surface area contributed by atoms with Crippen molar-refractivity contribution in [3.63, 3.8) is 0 Å². The molecule has 0 saturated heterocycles. The van der Waals surface area contributed by atoms with Gasteiger partial charge in [0.1, 0.15) is 0 Å². The van der Waals surface area contributed by atoms with Gasteiger partial charge in [0.15, 0.2) is 0 Å². The zero-order valence-corrected chi connectivity index (χ0v) is 7.55. The van der Waals surface area contributed by atoms with Crippen molar-refractivity contribution in [2.45, 2.75) is 27.7 Å². The van der Waals surface area contributed by atoms with Crippen molar-refractivity contribution >= 4 is 0 Å². The fraction of sp³-hybridized carbons (Fsp3) is 1.00. The van der Waals surface area contributed by atoms with Crippen LogP contribution < -0.4 is 0 Å². The topological polar surface area (TPSA) is 12.5 Å². The van der Waals surface area contributed by atoms with Crippen LogP contribution in [0.1, 0.15) is 27.7 Å². The SMILES string of the molecule is CCON(CC)CC(C)C. The molecular weight excluding hydrogens is 126 g/mol. The Hall–Kier alpha value is -0.0800. The summed E-state index contributed by atoms with van der Waals surface area (Å²) in [5.41, 5.74) is 0. The van der Waals surface area contributed by atoms with Crippen molar-refractivity contribution in [2.24, 2.45) is 5.92 Å². The lowest BCUT2D eigenvalue weighted by Crippen LogP contribution is -2.27. The van der Waals surface area contributed by atoms with E-state index in [1.54, 1.807) is 0 Å². The summed E-state index contributed by atoms with van der Waals surface area (Å²) in [6.45, 7) is 11.3. The van der Waals surface area contributed by atoms with Gasteiger partial charge in [0, 0.05) is 13.1 Å². The summed E-state index contributed by atoms with van der Waals surface area (Å²) in [4.78, 5) is 5.34. The predicted molar refractivity (Wildman–Crippen MR) is 43.7 cm³/mol. The molecular formula is C8H19NO. The Morgan fingerprint density at radius 1 is 1.30 bits per heavy atom. The summed E-state index contributed by atoms with van der Waals surface area (Å²) >= 11 is 0. The van der Waals surface area contributed by atoms with Gasteiger partial charge in [0.05, 0.1) is 6.61 Å². The Morgan fingerprint density at radius 2 is 1.90 bits per heavy atom. The highest BCUT2D eigenvalue weighted by Gasteiger charge is 2.02. The molecule has 0 aliphatic heterocycles. The molecule has 0 N–H and O–H groups in total. The molecule has 62 valence electrons. The average molecular weight is 145 g/mol. The Bertz CT molecular complexity index is 73.7. The maximum Gasteiger partial charge on any atom is 0.0656 e. The van der Waals surface area contributed by atoms with Crippen LogP contribution in [0.15, 0.2) is 0 Å². The number of hydroxylamine groups is 2. The van der Waals surface area contributed by atoms with Gasteiger partial charge in [-0.05, 0) is 12.8 Å². The second kappa shape index (κ2) is 5.69. The fourth-order valence-electron chi connectivity index (χ4n) is 0.863. The molecule has 0 aromatic carbocycles. The molecule has 0 rings (SSSR count). The van der Waals surface area contributed by atoms with Crippen molar-refractivity contribution in [1.82, 2.24) is 5.06 Å². The Kier molecular flexibility index (Phi) is 5.64. The molecule has 0 aromatic heterocycles. The van der Waals surface area contributed by atoms with Gasteiger partial charge in [-0.25, -0.2) is 0 Å². The van der Waals surface area contributed by atoms with E-state index in [2.05, 4.69) is 20.8 Å². The number of nitrogens with zero attached hydrogens (tertiary/aromatic N) is 1. The van der Waals surface area contributed by atoms with Crippen molar-refractivity contribution in [3.8, 4) is 0 Å². The van der Waals surface area contributed by atoms with E-state index in [0.29, 0.717) is 5.92 Å². The van der Waals surface area contributed by atoms with Crippen LogP contribution in [-0.4, -0.2) is 24.8 Å². The van der Waals surface area contributed by atoms with Crippen molar-refractivity contribution in [3.05, 3.63) is 0 Å². The third-order valence-corrected chi connectivity index (χ3v) is 1.23. The normalized spacial score (nSPS) is 11.4. The van der Waals surface area contributed by atoms with Crippen LogP contribution in [-0.2, 0) is 4.84 Å². The monoisotopic (exact) mass is 145 g/mol. The molecule has 2 nitrogen and oxygen atoms in total. The molecule has 0 unspecified atom stereocenters. The van der Waals surface area contributed by atoms with Crippen LogP contribution in [0.3, 0.4) is 0 Å². The van der Waals surface area contributed by atoms with Gasteiger partial charge in [0.25, 0.3) is 0 Å². The number of hydrogen-bond acceptors (Lipinski definition) is 2. The van der Waals surface area contributed by atoms with Gasteiger partial charge in [0.2, 0.25) is 0 Å². The van der Waals surface area contributed by atoms with Gasteiger partial charge in [-0.15, -0.1) is 0 Å². The standard InChI is InChI=1S/C8H19NO/c1-5-9(10-6-2)7-8(3)4/h8H,5-7H2,1-4H3. The molecule has 0 saturated carbocycles. The van der Waals surface area contributed by atoms with Crippen LogP contribution in [0.4, 0.5) is 0 Å². The quantitative estimate of drug-likeness (QED) is 0.548. The first kappa shape index (κ1) is 9.92. The first-order valence-corrected chi connectivity index (χ1v) is 4.08. The van der Waals surface area contributed by atoms with Crippen molar-refractivity contribution in [2.75, 3.05) is 19.7 Å². The lowest BCUT2D eigenvalue weighted by atomic mass is 10.2. The van der Waals surface area contributed by atoms with E-state index in [9.17, 15) is 0 Å². The zero-order valence-electron chi connectivity index (χ0n) is 7.55. The second-order valence-electron chi connectivity index (χ2n) is 2.79. The molecule has 0 bridgehead atoms. The van der Waals surface area contributed by atoms with Gasteiger partial charge in [-0.2, -0.15) is 5.06 Å². The number of rotatable bonds is 5. The third kappa shape index (κ3) is 4.77. The maximum atomic E-state index is 5.34. The molecule has 0 amide bonds. The molecule has 0 heterocycles. The summed E-state index contributed by atoms with van der Waals surface area (Å²) in [5.74, 6) is 0.687. The third-order valence-electron chi connectivity index (χ3n) is 1.23. The summed E-state index contributed by atoms with van der Waals surface area (Å²) < 4.78 is 0. The smallest absolute Gasteiger partial charge is 0.0656 e. The van der Waals surface area contributed by atoms with E-state index in [1.165, 1.54) is 0 Å². The van der Waals surface area contributed by atoms with Crippen LogP contribution >= 0.6 is 0 Å². The highest BCUT2D eigenvalue weighted by atomic mass is 16.7. The van der Waals surface area contributed by atoms with E-state index in [0.717, 1.165) is 19.7 Å². The molecule has 0 aliphatic carbocycles. The van der Waals surface area contributed by atoms with E-state index in [-0.39, 0.29) is 0 Å². The first-order valence-electron chi connectivity index (χ1n) is 4.08. The van der Waals surface area contributed by atoms with Gasteiger partial charge >= 0.3 is 0 Å². The summed E-state index contributed by atoms with van der Waals surface area (Å²) in [6.07, 6.45) is 0. The van der Waals surface area contributed by atoms with Crippen LogP contribution in [0.5, 0.6) is 0 Å². The highest BCUT2D eigenvalue weighted by molar-refractivity contribution is 4.47. The second-order valence-corrected chi connectivity index (χ2v) is 2.79. The van der Waals surface area contributed by atoms with E-state index in [1.807, 2.05) is 12.0 Å². The molecule has 0 aliphatic rings. The minimum Gasteiger partial charge on any atom is -0.299 e. The van der Waals surface area contributed by atoms with E-state index >= 15 is 0 Å². The van der Waals surface area contributed by atoms with Crippen LogP contribution in [0.2, 0.25) is 0 Å². The lowest BCUT2D eigenvalue weighted by Gasteiger charge is -2.20. The molecule has 0 aromatic rings. The van der Waals surface area contributed by atoms with Gasteiger partial charge in [-0.3, -0.25) is 4.84 Å². The fourth-order valence-corrected chi connectivity index (χ4v) is 0.863. The zero-order chi connectivity index (χ0) is 7.98. The predicted octanol–water partition coefficient (Wildman–Crippen LogP) is 1.92. The molecule has 10 heavy (non-hydrogen) atoms. The van der Waals surface area contributed by atoms with Crippen LogP contribution in [0.25, 0.3) is 0 Å². The molecule has 0 spiro atoms. The maximum absolute atomic E-state index is 5.34. The van der Waals surface area contributed by atoms with Gasteiger partial charge < -0.3 is 0 Å². The van der Waals surface area contributed by atoms with Crippen molar-refractivity contribution < 1.29 is 4.84 Å². The van der Waals surface area contributed by atoms with Crippen LogP contribution in [0, 0.1) is 5.92 Å². The highest BCUT2D eigenvalue weighted by Crippen LogP contribution is 1.98. The first-order chi connectivity index (χ1) is 4.70. The minimum absolute atomic E-state index is 0.687. The lowest BCUT2D eigenvalue weighted by molar-refractivity contribution is -0.157. The van der Waals surface area contributed by atoms with Crippen molar-refractivity contribution in [1.29, 1.82) is 0 Å².